The highest BCUT2D eigenvalue weighted by molar-refractivity contribution is 8.00. The van der Waals surface area contributed by atoms with Gasteiger partial charge >= 0.3 is 6.03 Å². The summed E-state index contributed by atoms with van der Waals surface area (Å²) in [4.78, 5) is 12.2. The molecule has 0 aromatic carbocycles. The number of nitrogens with one attached hydrogen (secondary N) is 2. The van der Waals surface area contributed by atoms with Crippen molar-refractivity contribution < 1.29 is 13.9 Å². The quantitative estimate of drug-likeness (QED) is 0.872. The van der Waals surface area contributed by atoms with Gasteiger partial charge in [-0.1, -0.05) is 0 Å². The van der Waals surface area contributed by atoms with Crippen molar-refractivity contribution in [3.63, 3.8) is 0 Å². The molecule has 5 nitrogen and oxygen atoms in total. The molecule has 1 aromatic heterocycles. The van der Waals surface area contributed by atoms with Gasteiger partial charge in [0.25, 0.3) is 0 Å². The third kappa shape index (κ3) is 4.20. The monoisotopic (exact) mass is 326 g/mol. The van der Waals surface area contributed by atoms with Crippen molar-refractivity contribution in [1.29, 1.82) is 0 Å². The summed E-state index contributed by atoms with van der Waals surface area (Å²) in [5.41, 5.74) is 1.03. The predicted molar refractivity (Wildman–Crippen MR) is 89.4 cm³/mol. The summed E-state index contributed by atoms with van der Waals surface area (Å²) in [5.74, 6) is 1.72. The molecule has 2 rings (SSSR count). The lowest BCUT2D eigenvalue weighted by molar-refractivity contribution is 0.0777. The van der Waals surface area contributed by atoms with Crippen LogP contribution in [0.25, 0.3) is 0 Å². The average molecular weight is 326 g/mol. The molecule has 0 unspecified atom stereocenters. The van der Waals surface area contributed by atoms with Gasteiger partial charge in [0.1, 0.15) is 11.5 Å². The minimum absolute atomic E-state index is 0.0719. The summed E-state index contributed by atoms with van der Waals surface area (Å²) in [6, 6.07) is 1.77. The molecule has 1 aliphatic rings. The smallest absolute Gasteiger partial charge is 0.315 e. The minimum atomic E-state index is -0.134. The fourth-order valence-corrected chi connectivity index (χ4v) is 3.64. The summed E-state index contributed by atoms with van der Waals surface area (Å²) in [6.07, 6.45) is 4.05. The topological polar surface area (TPSA) is 63.5 Å². The minimum Gasteiger partial charge on any atom is -0.466 e. The van der Waals surface area contributed by atoms with Crippen molar-refractivity contribution in [2.45, 2.75) is 44.4 Å². The van der Waals surface area contributed by atoms with Crippen LogP contribution in [-0.4, -0.2) is 36.8 Å². The molecule has 1 aromatic rings. The first-order valence-corrected chi connectivity index (χ1v) is 8.92. The van der Waals surface area contributed by atoms with E-state index in [2.05, 4.69) is 16.9 Å². The first-order valence-electron chi connectivity index (χ1n) is 7.70. The number of urea groups is 1. The molecule has 2 amide bonds. The van der Waals surface area contributed by atoms with Crippen LogP contribution in [0.15, 0.2) is 10.5 Å². The Hall–Kier alpha value is -1.14. The summed E-state index contributed by atoms with van der Waals surface area (Å²) >= 11 is 1.82. The van der Waals surface area contributed by atoms with E-state index in [0.29, 0.717) is 6.54 Å². The highest BCUT2D eigenvalue weighted by Crippen LogP contribution is 2.33. The van der Waals surface area contributed by atoms with Gasteiger partial charge in [-0.2, -0.15) is 11.8 Å². The number of aryl methyl sites for hydroxylation is 2. The van der Waals surface area contributed by atoms with Crippen molar-refractivity contribution in [3.05, 3.63) is 23.2 Å². The van der Waals surface area contributed by atoms with Crippen molar-refractivity contribution >= 4 is 17.8 Å². The third-order valence-electron chi connectivity index (χ3n) is 4.30. The molecule has 1 saturated heterocycles. The molecule has 1 atom stereocenters. The Labute approximate surface area is 136 Å². The zero-order valence-electron chi connectivity index (χ0n) is 13.8. The fraction of sp³-hybridized carbons (Fsp3) is 0.688. The number of carbonyl (C=O) groups is 1. The van der Waals surface area contributed by atoms with Crippen molar-refractivity contribution in [2.75, 3.05) is 26.0 Å². The maximum Gasteiger partial charge on any atom is 0.315 e. The number of furan rings is 1. The molecular formula is C16H26N2O3S. The second-order valence-corrected chi connectivity index (χ2v) is 7.19. The van der Waals surface area contributed by atoms with Crippen LogP contribution < -0.4 is 10.6 Å². The van der Waals surface area contributed by atoms with E-state index in [1.165, 1.54) is 0 Å². The van der Waals surface area contributed by atoms with Gasteiger partial charge in [-0.05, 0) is 45.9 Å². The summed E-state index contributed by atoms with van der Waals surface area (Å²) in [6.45, 7) is 8.01. The van der Waals surface area contributed by atoms with Gasteiger partial charge < -0.3 is 19.8 Å². The molecule has 2 heterocycles. The number of ether oxygens (including phenoxy) is 1. The first kappa shape index (κ1) is 17.2. The lowest BCUT2D eigenvalue weighted by Gasteiger charge is -2.35. The predicted octanol–water partition coefficient (Wildman–Crippen LogP) is 3.17. The van der Waals surface area contributed by atoms with E-state index in [1.54, 1.807) is 0 Å². The Bertz CT molecular complexity index is 509. The average Bonchev–Trinajstić information content (AvgIpc) is 2.85. The van der Waals surface area contributed by atoms with Crippen LogP contribution in [0.4, 0.5) is 4.79 Å². The Morgan fingerprint density at radius 3 is 2.64 bits per heavy atom. The van der Waals surface area contributed by atoms with Crippen LogP contribution in [0.3, 0.4) is 0 Å². The molecule has 0 radical (unpaired) electrons. The van der Waals surface area contributed by atoms with E-state index in [9.17, 15) is 4.79 Å². The number of hydrogen-bond donors (Lipinski definition) is 2. The third-order valence-corrected chi connectivity index (χ3v) is 5.72. The van der Waals surface area contributed by atoms with E-state index >= 15 is 0 Å². The lowest BCUT2D eigenvalue weighted by Crippen LogP contribution is -2.47. The van der Waals surface area contributed by atoms with Crippen LogP contribution in [0, 0.1) is 13.8 Å². The molecule has 0 spiro atoms. The van der Waals surface area contributed by atoms with Gasteiger partial charge in [-0.3, -0.25) is 0 Å². The van der Waals surface area contributed by atoms with Crippen molar-refractivity contribution in [3.8, 4) is 0 Å². The summed E-state index contributed by atoms with van der Waals surface area (Å²) in [7, 11) is 0. The molecule has 0 saturated carbocycles. The summed E-state index contributed by atoms with van der Waals surface area (Å²) < 4.78 is 11.0. The second-order valence-electron chi connectivity index (χ2n) is 5.92. The molecule has 124 valence electrons. The molecule has 22 heavy (non-hydrogen) atoms. The molecule has 0 bridgehead atoms. The Morgan fingerprint density at radius 2 is 2.09 bits per heavy atom. The molecule has 0 aliphatic carbocycles. The number of carbonyl (C=O) groups excluding carboxylic acids is 1. The van der Waals surface area contributed by atoms with Gasteiger partial charge in [-0.15, -0.1) is 0 Å². The van der Waals surface area contributed by atoms with E-state index in [1.807, 2.05) is 38.6 Å². The van der Waals surface area contributed by atoms with Crippen LogP contribution in [0.1, 0.15) is 42.9 Å². The zero-order valence-corrected chi connectivity index (χ0v) is 14.6. The lowest BCUT2D eigenvalue weighted by atomic mass is 9.99. The van der Waals surface area contributed by atoms with E-state index < -0.39 is 0 Å². The molecule has 1 fully saturated rings. The normalized spacial score (nSPS) is 18.7. The molecule has 1 aliphatic heterocycles. The highest BCUT2D eigenvalue weighted by Gasteiger charge is 2.32. The van der Waals surface area contributed by atoms with Crippen molar-refractivity contribution in [2.24, 2.45) is 0 Å². The fourth-order valence-electron chi connectivity index (χ4n) is 2.84. The Kier molecular flexibility index (Phi) is 5.81. The second kappa shape index (κ2) is 7.42. The standard InChI is InChI=1S/C16H26N2O3S/c1-11-9-14(13(3)21-11)12(2)18-15(19)17-10-16(22-4)5-7-20-8-6-16/h9,12H,5-8,10H2,1-4H3,(H2,17,18,19)/t12-/m0/s1. The molecular weight excluding hydrogens is 300 g/mol. The zero-order chi connectivity index (χ0) is 16.2. The van der Waals surface area contributed by atoms with Gasteiger partial charge in [0.2, 0.25) is 0 Å². The van der Waals surface area contributed by atoms with Crippen LogP contribution in [-0.2, 0) is 4.74 Å². The highest BCUT2D eigenvalue weighted by atomic mass is 32.2. The van der Waals surface area contributed by atoms with E-state index in [-0.39, 0.29) is 16.8 Å². The van der Waals surface area contributed by atoms with Gasteiger partial charge in [0, 0.05) is 30.1 Å². The van der Waals surface area contributed by atoms with Gasteiger partial charge in [0.05, 0.1) is 6.04 Å². The SMILES string of the molecule is CSC1(CNC(=O)N[C@@H](C)c2cc(C)oc2C)CCOCC1. The summed E-state index contributed by atoms with van der Waals surface area (Å²) in [5, 5.41) is 5.99. The molecule has 2 N–H and O–H groups in total. The Morgan fingerprint density at radius 1 is 1.41 bits per heavy atom. The van der Waals surface area contributed by atoms with Crippen LogP contribution >= 0.6 is 11.8 Å². The number of amides is 2. The van der Waals surface area contributed by atoms with E-state index in [0.717, 1.165) is 43.1 Å². The Balaban J connectivity index is 1.86. The largest absolute Gasteiger partial charge is 0.466 e. The van der Waals surface area contributed by atoms with Crippen molar-refractivity contribution in [1.82, 2.24) is 10.6 Å². The van der Waals surface area contributed by atoms with Crippen LogP contribution in [0.5, 0.6) is 0 Å². The number of rotatable bonds is 5. The number of thioether (sulfide) groups is 1. The maximum atomic E-state index is 12.2. The van der Waals surface area contributed by atoms with Gasteiger partial charge in [-0.25, -0.2) is 4.79 Å². The number of hydrogen-bond acceptors (Lipinski definition) is 4. The molecule has 6 heteroatoms. The van der Waals surface area contributed by atoms with Gasteiger partial charge in [0.15, 0.2) is 0 Å². The first-order chi connectivity index (χ1) is 10.5. The van der Waals surface area contributed by atoms with E-state index in [4.69, 9.17) is 9.15 Å². The van der Waals surface area contributed by atoms with Crippen LogP contribution in [0.2, 0.25) is 0 Å². The maximum absolute atomic E-state index is 12.2.